The zero-order chi connectivity index (χ0) is 17.7. The van der Waals surface area contributed by atoms with E-state index in [0.717, 1.165) is 36.8 Å². The van der Waals surface area contributed by atoms with Crippen LogP contribution in [-0.2, 0) is 12.8 Å². The van der Waals surface area contributed by atoms with E-state index in [1.807, 2.05) is 0 Å². The van der Waals surface area contributed by atoms with Crippen LogP contribution in [0.2, 0.25) is 0 Å². The number of hydrogen-bond acceptors (Lipinski definition) is 1. The molecular formula is C23H29N. The maximum atomic E-state index is 9.63. The van der Waals surface area contributed by atoms with Crippen molar-refractivity contribution < 1.29 is 0 Å². The van der Waals surface area contributed by atoms with Crippen LogP contribution in [0.25, 0.3) is 11.1 Å². The first-order valence-corrected chi connectivity index (χ1v) is 9.19. The minimum Gasteiger partial charge on any atom is -0.192 e. The number of aryl methyl sites for hydroxylation is 1. The van der Waals surface area contributed by atoms with Gasteiger partial charge in [-0.2, -0.15) is 5.26 Å². The largest absolute Gasteiger partial charge is 0.192 e. The summed E-state index contributed by atoms with van der Waals surface area (Å²) in [6.45, 7) is 10.9. The molecule has 2 aromatic carbocycles. The Morgan fingerprint density at radius 1 is 0.958 bits per heavy atom. The highest BCUT2D eigenvalue weighted by Crippen LogP contribution is 2.33. The molecule has 0 saturated heterocycles. The second kappa shape index (κ2) is 8.15. The van der Waals surface area contributed by atoms with Gasteiger partial charge >= 0.3 is 0 Å². The van der Waals surface area contributed by atoms with Gasteiger partial charge in [-0.3, -0.25) is 0 Å². The normalized spacial score (nSPS) is 10.9. The highest BCUT2D eigenvalue weighted by atomic mass is 14.3. The minimum atomic E-state index is 0.549. The molecule has 2 rings (SSSR count). The molecule has 0 aliphatic heterocycles. The molecule has 0 atom stereocenters. The molecule has 0 N–H and O–H groups in total. The molecular weight excluding hydrogens is 290 g/mol. The molecule has 0 heterocycles. The van der Waals surface area contributed by atoms with Crippen molar-refractivity contribution in [2.75, 3.05) is 0 Å². The van der Waals surface area contributed by atoms with Crippen LogP contribution in [0.3, 0.4) is 0 Å². The molecule has 2 aromatic rings. The van der Waals surface area contributed by atoms with Crippen molar-refractivity contribution in [1.82, 2.24) is 0 Å². The second-order valence-corrected chi connectivity index (χ2v) is 6.96. The lowest BCUT2D eigenvalue weighted by Gasteiger charge is -2.19. The lowest BCUT2D eigenvalue weighted by atomic mass is 9.85. The van der Waals surface area contributed by atoms with E-state index in [1.165, 1.54) is 27.8 Å². The topological polar surface area (TPSA) is 23.8 Å². The van der Waals surface area contributed by atoms with Crippen LogP contribution in [0, 0.1) is 18.3 Å². The SMILES string of the molecule is CCCc1c(-c2ccc(C(C)C)cc2)cc(C)c(C#N)c1CCC. The molecule has 0 aromatic heterocycles. The maximum Gasteiger partial charge on any atom is 0.0997 e. The molecule has 24 heavy (non-hydrogen) atoms. The average Bonchev–Trinajstić information content (AvgIpc) is 2.57. The minimum absolute atomic E-state index is 0.549. The smallest absolute Gasteiger partial charge is 0.0997 e. The van der Waals surface area contributed by atoms with Crippen LogP contribution < -0.4 is 0 Å². The van der Waals surface area contributed by atoms with E-state index in [0.29, 0.717) is 5.92 Å². The summed E-state index contributed by atoms with van der Waals surface area (Å²) in [5.41, 5.74) is 8.59. The number of nitrogens with zero attached hydrogens (tertiary/aromatic N) is 1. The van der Waals surface area contributed by atoms with Crippen LogP contribution in [0.15, 0.2) is 30.3 Å². The molecule has 0 aliphatic rings. The lowest BCUT2D eigenvalue weighted by molar-refractivity contribution is 0.857. The van der Waals surface area contributed by atoms with Crippen molar-refractivity contribution in [1.29, 1.82) is 5.26 Å². The zero-order valence-electron chi connectivity index (χ0n) is 15.7. The van der Waals surface area contributed by atoms with Crippen molar-refractivity contribution in [3.05, 3.63) is 58.1 Å². The summed E-state index contributed by atoms with van der Waals surface area (Å²) >= 11 is 0. The molecule has 1 nitrogen and oxygen atoms in total. The molecule has 0 fully saturated rings. The Hall–Kier alpha value is -2.07. The van der Waals surface area contributed by atoms with E-state index >= 15 is 0 Å². The number of nitriles is 1. The van der Waals surface area contributed by atoms with Gasteiger partial charge in [0.25, 0.3) is 0 Å². The van der Waals surface area contributed by atoms with Gasteiger partial charge in [-0.05, 0) is 65.1 Å². The molecule has 0 bridgehead atoms. The Morgan fingerprint density at radius 3 is 2.04 bits per heavy atom. The fourth-order valence-corrected chi connectivity index (χ4v) is 3.45. The lowest BCUT2D eigenvalue weighted by Crippen LogP contribution is -2.03. The number of hydrogen-bond donors (Lipinski definition) is 0. The standard InChI is InChI=1S/C23H29N/c1-6-8-20-21(9-7-2)23(15-24)17(5)14-22(20)19-12-10-18(11-13-19)16(3)4/h10-14,16H,6-9H2,1-5H3. The average molecular weight is 319 g/mol. The van der Waals surface area contributed by atoms with E-state index in [-0.39, 0.29) is 0 Å². The van der Waals surface area contributed by atoms with Crippen LogP contribution in [0.1, 0.15) is 74.3 Å². The Morgan fingerprint density at radius 2 is 1.54 bits per heavy atom. The Labute approximate surface area is 147 Å². The summed E-state index contributed by atoms with van der Waals surface area (Å²) in [4.78, 5) is 0. The van der Waals surface area contributed by atoms with Gasteiger partial charge in [0.1, 0.15) is 0 Å². The summed E-state index contributed by atoms with van der Waals surface area (Å²) in [5, 5.41) is 9.63. The van der Waals surface area contributed by atoms with Gasteiger partial charge < -0.3 is 0 Å². The first kappa shape index (κ1) is 18.3. The summed E-state index contributed by atoms with van der Waals surface area (Å²) in [7, 11) is 0. The van der Waals surface area contributed by atoms with Crippen LogP contribution in [0.4, 0.5) is 0 Å². The molecule has 0 unspecified atom stereocenters. The molecule has 0 amide bonds. The summed E-state index contributed by atoms with van der Waals surface area (Å²) in [6.07, 6.45) is 4.19. The summed E-state index contributed by atoms with van der Waals surface area (Å²) in [6, 6.07) is 13.6. The third-order valence-electron chi connectivity index (χ3n) is 4.75. The van der Waals surface area contributed by atoms with Gasteiger partial charge in [0.05, 0.1) is 11.6 Å². The predicted octanol–water partition coefficient (Wildman–Crippen LogP) is 6.56. The van der Waals surface area contributed by atoms with Gasteiger partial charge in [0.2, 0.25) is 0 Å². The molecule has 0 spiro atoms. The fourth-order valence-electron chi connectivity index (χ4n) is 3.45. The van der Waals surface area contributed by atoms with Gasteiger partial charge in [0.15, 0.2) is 0 Å². The number of rotatable bonds is 6. The Balaban J connectivity index is 2.66. The van der Waals surface area contributed by atoms with Crippen LogP contribution in [0.5, 0.6) is 0 Å². The van der Waals surface area contributed by atoms with E-state index in [2.05, 4.69) is 71.0 Å². The number of benzene rings is 2. The Kier molecular flexibility index (Phi) is 6.21. The monoisotopic (exact) mass is 319 g/mol. The molecule has 0 saturated carbocycles. The van der Waals surface area contributed by atoms with E-state index in [1.54, 1.807) is 0 Å². The fraction of sp³-hybridized carbons (Fsp3) is 0.435. The predicted molar refractivity (Wildman–Crippen MR) is 103 cm³/mol. The quantitative estimate of drug-likeness (QED) is 0.591. The highest BCUT2D eigenvalue weighted by Gasteiger charge is 2.16. The van der Waals surface area contributed by atoms with Crippen LogP contribution in [-0.4, -0.2) is 0 Å². The second-order valence-electron chi connectivity index (χ2n) is 6.96. The van der Waals surface area contributed by atoms with Gasteiger partial charge in [-0.25, -0.2) is 0 Å². The van der Waals surface area contributed by atoms with Crippen molar-refractivity contribution in [3.8, 4) is 17.2 Å². The van der Waals surface area contributed by atoms with Crippen molar-refractivity contribution in [2.45, 2.75) is 66.2 Å². The molecule has 0 aliphatic carbocycles. The van der Waals surface area contributed by atoms with Crippen molar-refractivity contribution in [3.63, 3.8) is 0 Å². The Bertz CT molecular complexity index is 730. The summed E-state index contributed by atoms with van der Waals surface area (Å²) in [5.74, 6) is 0.549. The van der Waals surface area contributed by atoms with E-state index in [4.69, 9.17) is 0 Å². The molecule has 1 heteroatoms. The molecule has 0 radical (unpaired) electrons. The third-order valence-corrected chi connectivity index (χ3v) is 4.75. The van der Waals surface area contributed by atoms with Gasteiger partial charge in [-0.1, -0.05) is 64.8 Å². The summed E-state index contributed by atoms with van der Waals surface area (Å²) < 4.78 is 0. The van der Waals surface area contributed by atoms with Gasteiger partial charge in [-0.15, -0.1) is 0 Å². The van der Waals surface area contributed by atoms with Crippen molar-refractivity contribution >= 4 is 0 Å². The zero-order valence-corrected chi connectivity index (χ0v) is 15.7. The van der Waals surface area contributed by atoms with Crippen LogP contribution >= 0.6 is 0 Å². The first-order valence-electron chi connectivity index (χ1n) is 9.19. The van der Waals surface area contributed by atoms with E-state index < -0.39 is 0 Å². The third kappa shape index (κ3) is 3.70. The van der Waals surface area contributed by atoms with Gasteiger partial charge in [0, 0.05) is 0 Å². The first-order chi connectivity index (χ1) is 11.5. The molecule has 126 valence electrons. The van der Waals surface area contributed by atoms with E-state index in [9.17, 15) is 5.26 Å². The van der Waals surface area contributed by atoms with Crippen molar-refractivity contribution in [2.24, 2.45) is 0 Å². The highest BCUT2D eigenvalue weighted by molar-refractivity contribution is 5.72. The maximum absolute atomic E-state index is 9.63.